The highest BCUT2D eigenvalue weighted by Crippen LogP contribution is 2.32. The maximum absolute atomic E-state index is 13.0. The predicted octanol–water partition coefficient (Wildman–Crippen LogP) is 2.33. The summed E-state index contributed by atoms with van der Waals surface area (Å²) in [5, 5.41) is 15.9. The summed E-state index contributed by atoms with van der Waals surface area (Å²) in [4.78, 5) is 27.1. The molecule has 1 aliphatic rings. The van der Waals surface area contributed by atoms with E-state index in [-0.39, 0.29) is 17.6 Å². The van der Waals surface area contributed by atoms with Crippen LogP contribution in [0.25, 0.3) is 10.6 Å². The molecule has 1 saturated heterocycles. The van der Waals surface area contributed by atoms with Gasteiger partial charge in [-0.1, -0.05) is 6.07 Å². The van der Waals surface area contributed by atoms with E-state index in [2.05, 4.69) is 20.4 Å². The minimum Gasteiger partial charge on any atom is -0.364 e. The summed E-state index contributed by atoms with van der Waals surface area (Å²) in [7, 11) is 0. The Morgan fingerprint density at radius 3 is 2.77 bits per heavy atom. The summed E-state index contributed by atoms with van der Waals surface area (Å²) < 4.78 is 0. The molecule has 9 heteroatoms. The van der Waals surface area contributed by atoms with E-state index in [1.165, 1.54) is 0 Å². The second-order valence-corrected chi connectivity index (χ2v) is 7.17. The van der Waals surface area contributed by atoms with Gasteiger partial charge in [-0.05, 0) is 42.8 Å². The summed E-state index contributed by atoms with van der Waals surface area (Å²) in [6.45, 7) is 0.635. The monoisotopic (exact) mass is 370 g/mol. The Balaban J connectivity index is 1.59. The molecule has 0 aromatic carbocycles. The highest BCUT2D eigenvalue weighted by Gasteiger charge is 2.31. The molecule has 8 nitrogen and oxygen atoms in total. The van der Waals surface area contributed by atoms with Crippen LogP contribution >= 0.6 is 11.3 Å². The number of hydrogen-bond donors (Lipinski definition) is 3. The molecule has 4 N–H and O–H groups in total. The number of rotatable bonds is 4. The lowest BCUT2D eigenvalue weighted by atomic mass is 9.98. The molecule has 0 saturated carbocycles. The first-order chi connectivity index (χ1) is 12.6. The number of carbonyl (C=O) groups is 2. The Morgan fingerprint density at radius 2 is 2.04 bits per heavy atom. The van der Waals surface area contributed by atoms with E-state index in [0.717, 1.165) is 35.5 Å². The van der Waals surface area contributed by atoms with Gasteiger partial charge >= 0.3 is 0 Å². The molecule has 1 atom stereocenters. The number of nitrogens with zero attached hydrogens (tertiary/aromatic N) is 3. The van der Waals surface area contributed by atoms with Crippen LogP contribution in [0.15, 0.2) is 29.6 Å². The molecule has 4 rings (SSSR count). The van der Waals surface area contributed by atoms with Crippen molar-refractivity contribution in [2.24, 2.45) is 5.73 Å². The smallest absolute Gasteiger partial charge is 0.274 e. The minimum absolute atomic E-state index is 0.135. The van der Waals surface area contributed by atoms with Crippen molar-refractivity contribution in [1.29, 1.82) is 0 Å². The number of aromatic amines is 2. The van der Waals surface area contributed by atoms with Gasteiger partial charge in [0.2, 0.25) is 0 Å². The Hall–Kier alpha value is -2.94. The average molecular weight is 370 g/mol. The summed E-state index contributed by atoms with van der Waals surface area (Å²) in [6.07, 6.45) is 2.73. The summed E-state index contributed by atoms with van der Waals surface area (Å²) in [5.74, 6) is -0.724. The van der Waals surface area contributed by atoms with Gasteiger partial charge in [-0.25, -0.2) is 0 Å². The average Bonchev–Trinajstić information content (AvgIpc) is 3.42. The second kappa shape index (κ2) is 6.75. The van der Waals surface area contributed by atoms with Crippen molar-refractivity contribution in [3.63, 3.8) is 0 Å². The molecule has 0 spiro atoms. The fourth-order valence-corrected chi connectivity index (χ4v) is 3.96. The fraction of sp³-hybridized carbons (Fsp3) is 0.294. The van der Waals surface area contributed by atoms with Crippen molar-refractivity contribution in [2.75, 3.05) is 6.54 Å². The third kappa shape index (κ3) is 3.01. The molecule has 134 valence electrons. The molecule has 4 heterocycles. The van der Waals surface area contributed by atoms with Crippen LogP contribution < -0.4 is 5.73 Å². The number of thiophene rings is 1. The van der Waals surface area contributed by atoms with E-state index in [9.17, 15) is 9.59 Å². The largest absolute Gasteiger partial charge is 0.364 e. The molecule has 3 aromatic rings. The number of likely N-dealkylation sites (tertiary alicyclic amines) is 1. The predicted molar refractivity (Wildman–Crippen MR) is 96.6 cm³/mol. The number of hydrogen-bond acceptors (Lipinski definition) is 5. The molecule has 0 radical (unpaired) electrons. The lowest BCUT2D eigenvalue weighted by molar-refractivity contribution is 0.0600. The van der Waals surface area contributed by atoms with Crippen molar-refractivity contribution in [3.8, 4) is 10.6 Å². The topological polar surface area (TPSA) is 121 Å². The van der Waals surface area contributed by atoms with Gasteiger partial charge < -0.3 is 10.6 Å². The normalized spacial score (nSPS) is 17.4. The number of amides is 2. The third-order valence-electron chi connectivity index (χ3n) is 4.56. The van der Waals surface area contributed by atoms with Gasteiger partial charge in [0.05, 0.1) is 22.3 Å². The SMILES string of the molecule is NC(=O)c1cc(C2CCCCN2C(=O)c2cc(-c3cccs3)[nH]n2)[nH]n1. The zero-order chi connectivity index (χ0) is 18.1. The Kier molecular flexibility index (Phi) is 4.29. The number of nitrogens with one attached hydrogen (secondary N) is 2. The van der Waals surface area contributed by atoms with Gasteiger partial charge in [0.25, 0.3) is 11.8 Å². The lowest BCUT2D eigenvalue weighted by Crippen LogP contribution is -2.38. The zero-order valence-corrected chi connectivity index (χ0v) is 14.8. The standard InChI is InChI=1S/C17H18N6O2S/c18-16(24)12-8-10(19-21-12)14-4-1-2-6-23(14)17(25)13-9-11(20-22-13)15-5-3-7-26-15/h3,5,7-9,14H,1-2,4,6H2,(H2,18,24)(H,19,21)(H,20,22). The first-order valence-electron chi connectivity index (χ1n) is 8.39. The van der Waals surface area contributed by atoms with Crippen LogP contribution in [0.5, 0.6) is 0 Å². The fourth-order valence-electron chi connectivity index (χ4n) is 3.27. The molecule has 1 unspecified atom stereocenters. The lowest BCUT2D eigenvalue weighted by Gasteiger charge is -2.34. The van der Waals surface area contributed by atoms with Crippen molar-refractivity contribution in [3.05, 3.63) is 46.7 Å². The summed E-state index contributed by atoms with van der Waals surface area (Å²) in [6, 6.07) is 7.17. The maximum Gasteiger partial charge on any atom is 0.274 e. The quantitative estimate of drug-likeness (QED) is 0.652. The number of carbonyl (C=O) groups excluding carboxylic acids is 2. The Labute approximate surface area is 153 Å². The summed E-state index contributed by atoms with van der Waals surface area (Å²) >= 11 is 1.59. The molecule has 3 aromatic heterocycles. The first kappa shape index (κ1) is 16.5. The van der Waals surface area contributed by atoms with Crippen LogP contribution in [0, 0.1) is 0 Å². The van der Waals surface area contributed by atoms with Gasteiger partial charge in [0.15, 0.2) is 5.69 Å². The molecule has 1 fully saturated rings. The highest BCUT2D eigenvalue weighted by atomic mass is 32.1. The van der Waals surface area contributed by atoms with E-state index in [1.54, 1.807) is 28.4 Å². The van der Waals surface area contributed by atoms with Gasteiger partial charge in [-0.15, -0.1) is 11.3 Å². The van der Waals surface area contributed by atoms with Crippen LogP contribution in [0.1, 0.15) is 52.0 Å². The van der Waals surface area contributed by atoms with Crippen LogP contribution in [0.2, 0.25) is 0 Å². The third-order valence-corrected chi connectivity index (χ3v) is 5.46. The van der Waals surface area contributed by atoms with Crippen molar-refractivity contribution >= 4 is 23.2 Å². The number of nitrogens with two attached hydrogens (primary N) is 1. The Morgan fingerprint density at radius 1 is 1.19 bits per heavy atom. The van der Waals surface area contributed by atoms with E-state index < -0.39 is 5.91 Å². The van der Waals surface area contributed by atoms with E-state index in [4.69, 9.17) is 5.73 Å². The molecular formula is C17H18N6O2S. The van der Waals surface area contributed by atoms with E-state index in [1.807, 2.05) is 17.5 Å². The van der Waals surface area contributed by atoms with E-state index >= 15 is 0 Å². The van der Waals surface area contributed by atoms with Crippen LogP contribution in [0.4, 0.5) is 0 Å². The van der Waals surface area contributed by atoms with Crippen molar-refractivity contribution in [1.82, 2.24) is 25.3 Å². The highest BCUT2D eigenvalue weighted by molar-refractivity contribution is 7.13. The second-order valence-electron chi connectivity index (χ2n) is 6.23. The zero-order valence-electron chi connectivity index (χ0n) is 13.9. The van der Waals surface area contributed by atoms with Crippen LogP contribution in [-0.2, 0) is 0 Å². The maximum atomic E-state index is 13.0. The van der Waals surface area contributed by atoms with Crippen molar-refractivity contribution in [2.45, 2.75) is 25.3 Å². The van der Waals surface area contributed by atoms with Gasteiger partial charge in [-0.3, -0.25) is 19.8 Å². The van der Waals surface area contributed by atoms with E-state index in [0.29, 0.717) is 12.2 Å². The summed E-state index contributed by atoms with van der Waals surface area (Å²) in [5.41, 5.74) is 7.39. The van der Waals surface area contributed by atoms with Crippen LogP contribution in [-0.4, -0.2) is 43.7 Å². The molecular weight excluding hydrogens is 352 g/mol. The van der Waals surface area contributed by atoms with Crippen molar-refractivity contribution < 1.29 is 9.59 Å². The minimum atomic E-state index is -0.589. The Bertz CT molecular complexity index is 929. The number of primary amides is 1. The molecule has 2 amide bonds. The molecule has 0 bridgehead atoms. The number of H-pyrrole nitrogens is 2. The molecule has 26 heavy (non-hydrogen) atoms. The van der Waals surface area contributed by atoms with Gasteiger partial charge in [-0.2, -0.15) is 10.2 Å². The number of piperidine rings is 1. The molecule has 1 aliphatic heterocycles. The molecule has 0 aliphatic carbocycles. The van der Waals surface area contributed by atoms with Crippen LogP contribution in [0.3, 0.4) is 0 Å². The number of aromatic nitrogens is 4. The van der Waals surface area contributed by atoms with Gasteiger partial charge in [0, 0.05) is 6.54 Å². The first-order valence-corrected chi connectivity index (χ1v) is 9.27. The van der Waals surface area contributed by atoms with Gasteiger partial charge in [0.1, 0.15) is 5.69 Å².